The first-order valence-electron chi connectivity index (χ1n) is 7.73. The van der Waals surface area contributed by atoms with Crippen LogP contribution in [-0.2, 0) is 5.41 Å². The van der Waals surface area contributed by atoms with E-state index >= 15 is 0 Å². The monoisotopic (exact) mass is 346 g/mol. The predicted molar refractivity (Wildman–Crippen MR) is 87.3 cm³/mol. The predicted octanol–water partition coefficient (Wildman–Crippen LogP) is -1.99. The molecule has 0 fully saturated rings. The lowest BCUT2D eigenvalue weighted by Crippen LogP contribution is -3.00. The second-order valence-corrected chi connectivity index (χ2v) is 6.46. The number of para-hydroxylation sites is 1. The Hall–Kier alpha value is -0.850. The van der Waals surface area contributed by atoms with Crippen molar-refractivity contribution >= 4 is 0 Å². The van der Waals surface area contributed by atoms with Crippen LogP contribution in [0.5, 0.6) is 5.75 Å². The van der Waals surface area contributed by atoms with Gasteiger partial charge in [-0.2, -0.15) is 0 Å². The van der Waals surface area contributed by atoms with Gasteiger partial charge in [-0.05, 0) is 17.0 Å². The Bertz CT molecular complexity index is 431. The Morgan fingerprint density at radius 1 is 1.09 bits per heavy atom. The van der Waals surface area contributed by atoms with Crippen molar-refractivity contribution in [2.45, 2.75) is 32.3 Å². The Labute approximate surface area is 145 Å². The summed E-state index contributed by atoms with van der Waals surface area (Å²) >= 11 is 0. The first kappa shape index (κ1) is 22.1. The molecule has 0 bridgehead atoms. The van der Waals surface area contributed by atoms with Crippen LogP contribution < -0.4 is 17.1 Å². The van der Waals surface area contributed by atoms with E-state index in [2.05, 4.69) is 20.8 Å². The zero-order chi connectivity index (χ0) is 16.6. The largest absolute Gasteiger partial charge is 1.00 e. The van der Waals surface area contributed by atoms with Crippen LogP contribution in [0, 0.1) is 0 Å². The van der Waals surface area contributed by atoms with E-state index < -0.39 is 6.10 Å². The summed E-state index contributed by atoms with van der Waals surface area (Å²) in [5, 5.41) is 28.0. The molecule has 0 saturated heterocycles. The second-order valence-electron chi connectivity index (χ2n) is 6.46. The van der Waals surface area contributed by atoms with Gasteiger partial charge in [-0.1, -0.05) is 39.0 Å². The highest BCUT2D eigenvalue weighted by molar-refractivity contribution is 5.38. The molecule has 6 heteroatoms. The first-order valence-corrected chi connectivity index (χ1v) is 7.73. The maximum Gasteiger partial charge on any atom is 0.123 e. The number of hydrogen-bond donors (Lipinski definition) is 3. The third-order valence-corrected chi connectivity index (χ3v) is 3.43. The van der Waals surface area contributed by atoms with Gasteiger partial charge < -0.3 is 32.5 Å². The van der Waals surface area contributed by atoms with Crippen molar-refractivity contribution < 1.29 is 32.5 Å². The summed E-state index contributed by atoms with van der Waals surface area (Å²) in [6.07, 6.45) is -0.675. The number of aliphatic hydroxyl groups excluding tert-OH is 3. The minimum Gasteiger partial charge on any atom is -1.00 e. The molecule has 1 unspecified atom stereocenters. The van der Waals surface area contributed by atoms with Crippen LogP contribution in [0.25, 0.3) is 0 Å². The molecule has 0 spiro atoms. The standard InChI is InChI=1S/C17H29NO4.ClH/c1-17(2,3)15-6-4-5-7-16(15)22-13-14(21)12-18(8-10-19)9-11-20;/h4-7,14,19-21H,8-13H2,1-3H3;1H/p-1. The molecular formula is C17H29ClNO4-. The lowest BCUT2D eigenvalue weighted by Gasteiger charge is -2.25. The normalized spacial score (nSPS) is 12.8. The fourth-order valence-electron chi connectivity index (χ4n) is 2.33. The van der Waals surface area contributed by atoms with Gasteiger partial charge in [0.1, 0.15) is 18.5 Å². The molecule has 0 radical (unpaired) electrons. The van der Waals surface area contributed by atoms with Crippen molar-refractivity contribution in [2.75, 3.05) is 39.5 Å². The van der Waals surface area contributed by atoms with E-state index in [0.29, 0.717) is 19.6 Å². The molecule has 0 aromatic heterocycles. The molecule has 23 heavy (non-hydrogen) atoms. The fraction of sp³-hybridized carbons (Fsp3) is 0.647. The van der Waals surface area contributed by atoms with Gasteiger partial charge in [0.2, 0.25) is 0 Å². The number of ether oxygens (including phenoxy) is 1. The topological polar surface area (TPSA) is 73.2 Å². The SMILES string of the molecule is CC(C)(C)c1ccccc1OCC(O)CN(CCO)CCO.[Cl-]. The van der Waals surface area contributed by atoms with Gasteiger partial charge in [0, 0.05) is 19.6 Å². The first-order chi connectivity index (χ1) is 10.4. The summed E-state index contributed by atoms with van der Waals surface area (Å²) in [5.74, 6) is 0.782. The van der Waals surface area contributed by atoms with Crippen molar-refractivity contribution in [3.05, 3.63) is 29.8 Å². The maximum atomic E-state index is 10.1. The van der Waals surface area contributed by atoms with Crippen molar-refractivity contribution in [3.8, 4) is 5.75 Å². The van der Waals surface area contributed by atoms with E-state index in [1.165, 1.54) is 0 Å². The number of hydrogen-bond acceptors (Lipinski definition) is 5. The molecule has 0 aliphatic rings. The van der Waals surface area contributed by atoms with Gasteiger partial charge in [-0.25, -0.2) is 0 Å². The van der Waals surface area contributed by atoms with Crippen LogP contribution in [0.4, 0.5) is 0 Å². The molecule has 134 valence electrons. The summed E-state index contributed by atoms with van der Waals surface area (Å²) in [7, 11) is 0. The van der Waals surface area contributed by atoms with E-state index in [9.17, 15) is 5.11 Å². The summed E-state index contributed by atoms with van der Waals surface area (Å²) < 4.78 is 5.78. The van der Waals surface area contributed by atoms with Crippen LogP contribution >= 0.6 is 0 Å². The molecule has 0 heterocycles. The summed E-state index contributed by atoms with van der Waals surface area (Å²) in [5.41, 5.74) is 1.08. The number of rotatable bonds is 9. The average Bonchev–Trinajstić information content (AvgIpc) is 2.45. The zero-order valence-electron chi connectivity index (χ0n) is 14.2. The minimum absolute atomic E-state index is 0. The molecule has 1 atom stereocenters. The van der Waals surface area contributed by atoms with E-state index in [-0.39, 0.29) is 37.6 Å². The summed E-state index contributed by atoms with van der Waals surface area (Å²) in [4.78, 5) is 1.81. The van der Waals surface area contributed by atoms with E-state index in [4.69, 9.17) is 14.9 Å². The molecule has 5 nitrogen and oxygen atoms in total. The van der Waals surface area contributed by atoms with Crippen LogP contribution in [-0.4, -0.2) is 65.8 Å². The number of benzene rings is 1. The Morgan fingerprint density at radius 2 is 1.65 bits per heavy atom. The van der Waals surface area contributed by atoms with Crippen molar-refractivity contribution in [2.24, 2.45) is 0 Å². The molecule has 0 amide bonds. The third-order valence-electron chi connectivity index (χ3n) is 3.43. The number of halogens is 1. The molecule has 0 saturated carbocycles. The quantitative estimate of drug-likeness (QED) is 0.483. The van der Waals surface area contributed by atoms with Crippen LogP contribution in [0.3, 0.4) is 0 Å². The van der Waals surface area contributed by atoms with Gasteiger partial charge in [0.25, 0.3) is 0 Å². The molecule has 1 rings (SSSR count). The third kappa shape index (κ3) is 7.99. The summed E-state index contributed by atoms with van der Waals surface area (Å²) in [6, 6.07) is 7.84. The van der Waals surface area contributed by atoms with Gasteiger partial charge in [0.15, 0.2) is 0 Å². The molecular weight excluding hydrogens is 318 g/mol. The molecule has 3 N–H and O–H groups in total. The Morgan fingerprint density at radius 3 is 2.17 bits per heavy atom. The molecule has 0 aliphatic heterocycles. The molecule has 0 aliphatic carbocycles. The lowest BCUT2D eigenvalue weighted by molar-refractivity contribution is -0.0000117. The highest BCUT2D eigenvalue weighted by Crippen LogP contribution is 2.30. The minimum atomic E-state index is -0.675. The van der Waals surface area contributed by atoms with Gasteiger partial charge in [0.05, 0.1) is 13.2 Å². The van der Waals surface area contributed by atoms with Gasteiger partial charge in [-0.3, -0.25) is 4.90 Å². The smallest absolute Gasteiger partial charge is 0.123 e. The number of nitrogens with zero attached hydrogens (tertiary/aromatic N) is 1. The van der Waals surface area contributed by atoms with Gasteiger partial charge >= 0.3 is 0 Å². The fourth-order valence-corrected chi connectivity index (χ4v) is 2.33. The lowest BCUT2D eigenvalue weighted by atomic mass is 9.86. The van der Waals surface area contributed by atoms with Gasteiger partial charge in [-0.15, -0.1) is 0 Å². The highest BCUT2D eigenvalue weighted by atomic mass is 35.5. The van der Waals surface area contributed by atoms with Crippen molar-refractivity contribution in [1.82, 2.24) is 4.90 Å². The zero-order valence-corrected chi connectivity index (χ0v) is 15.0. The van der Waals surface area contributed by atoms with Crippen LogP contribution in [0.2, 0.25) is 0 Å². The van der Waals surface area contributed by atoms with E-state index in [0.717, 1.165) is 11.3 Å². The average molecular weight is 347 g/mol. The molecule has 1 aromatic rings. The van der Waals surface area contributed by atoms with Crippen LogP contribution in [0.15, 0.2) is 24.3 Å². The second kappa shape index (κ2) is 10.8. The molecule has 1 aromatic carbocycles. The van der Waals surface area contributed by atoms with E-state index in [1.54, 1.807) is 0 Å². The Balaban J connectivity index is 0.00000484. The van der Waals surface area contributed by atoms with E-state index in [1.807, 2.05) is 29.2 Å². The van der Waals surface area contributed by atoms with Crippen molar-refractivity contribution in [1.29, 1.82) is 0 Å². The summed E-state index contributed by atoms with van der Waals surface area (Å²) in [6.45, 7) is 7.76. The highest BCUT2D eigenvalue weighted by Gasteiger charge is 2.19. The maximum absolute atomic E-state index is 10.1. The van der Waals surface area contributed by atoms with Crippen LogP contribution in [0.1, 0.15) is 26.3 Å². The Kier molecular flexibility index (Phi) is 10.4. The van der Waals surface area contributed by atoms with Crippen molar-refractivity contribution in [3.63, 3.8) is 0 Å². The number of aliphatic hydroxyl groups is 3.